The summed E-state index contributed by atoms with van der Waals surface area (Å²) < 4.78 is 21.2. The monoisotopic (exact) mass is 394 g/mol. The lowest BCUT2D eigenvalue weighted by molar-refractivity contribution is 0.0662. The van der Waals surface area contributed by atoms with Gasteiger partial charge < -0.3 is 9.64 Å². The summed E-state index contributed by atoms with van der Waals surface area (Å²) in [6, 6.07) is 9.41. The van der Waals surface area contributed by atoms with Crippen molar-refractivity contribution in [2.75, 3.05) is 25.5 Å². The molecule has 1 aliphatic rings. The first-order valence-electron chi connectivity index (χ1n) is 9.23. The number of fused-ring (bicyclic) bond motifs is 1. The van der Waals surface area contributed by atoms with Crippen LogP contribution in [-0.4, -0.2) is 51.8 Å². The summed E-state index contributed by atoms with van der Waals surface area (Å²) in [6.45, 7) is 1.77. The average molecular weight is 394 g/mol. The van der Waals surface area contributed by atoms with Crippen LogP contribution in [0.4, 0.5) is 14.9 Å². The number of aromatic nitrogens is 3. The number of nitrogens with zero attached hydrogens (tertiary/aromatic N) is 5. The standard InChI is InChI=1S/C20H19FN6O2/c1-26-6-4-16(5-7-26)29-20(28)25-15-9-18(27-19(10-15)23-12-24-27)13-2-3-14(11-22)17(21)8-13/h2-3,8-10,12,16H,4-7H2,1H3,(H,25,28). The van der Waals surface area contributed by atoms with Gasteiger partial charge >= 0.3 is 6.09 Å². The maximum Gasteiger partial charge on any atom is 0.411 e. The number of rotatable bonds is 3. The summed E-state index contributed by atoms with van der Waals surface area (Å²) in [7, 11) is 2.04. The molecule has 4 rings (SSSR count). The average Bonchev–Trinajstić information content (AvgIpc) is 3.17. The second kappa shape index (κ2) is 7.85. The quantitative estimate of drug-likeness (QED) is 0.734. The Bertz CT molecular complexity index is 1100. The van der Waals surface area contributed by atoms with Crippen LogP contribution in [-0.2, 0) is 4.74 Å². The molecule has 3 heterocycles. The van der Waals surface area contributed by atoms with E-state index in [2.05, 4.69) is 20.3 Å². The molecule has 0 saturated carbocycles. The Balaban J connectivity index is 1.59. The fourth-order valence-corrected chi connectivity index (χ4v) is 3.37. The Kier molecular flexibility index (Phi) is 5.10. The molecule has 1 amide bonds. The van der Waals surface area contributed by atoms with Crippen molar-refractivity contribution in [3.8, 4) is 17.3 Å². The molecule has 0 atom stereocenters. The Morgan fingerprint density at radius 2 is 2.10 bits per heavy atom. The van der Waals surface area contributed by atoms with Gasteiger partial charge in [0, 0.05) is 30.4 Å². The number of likely N-dealkylation sites (tertiary alicyclic amines) is 1. The van der Waals surface area contributed by atoms with Gasteiger partial charge in [-0.1, -0.05) is 6.07 Å². The number of anilines is 1. The minimum Gasteiger partial charge on any atom is -0.446 e. The molecule has 0 spiro atoms. The van der Waals surface area contributed by atoms with Crippen molar-refractivity contribution in [1.82, 2.24) is 19.5 Å². The molecule has 29 heavy (non-hydrogen) atoms. The van der Waals surface area contributed by atoms with Crippen LogP contribution in [0, 0.1) is 17.1 Å². The van der Waals surface area contributed by atoms with E-state index in [1.54, 1.807) is 24.3 Å². The number of nitriles is 1. The predicted octanol–water partition coefficient (Wildman–Crippen LogP) is 3.05. The number of nitrogens with one attached hydrogen (secondary N) is 1. The summed E-state index contributed by atoms with van der Waals surface area (Å²) in [5, 5.41) is 15.8. The number of hydrogen-bond acceptors (Lipinski definition) is 6. The minimum absolute atomic E-state index is 0.0421. The van der Waals surface area contributed by atoms with Crippen molar-refractivity contribution in [2.24, 2.45) is 0 Å². The Labute approximate surface area is 166 Å². The fraction of sp³-hybridized carbons (Fsp3) is 0.300. The van der Waals surface area contributed by atoms with E-state index < -0.39 is 11.9 Å². The molecule has 1 N–H and O–H groups in total. The van der Waals surface area contributed by atoms with Crippen LogP contribution in [0.25, 0.3) is 16.9 Å². The zero-order valence-electron chi connectivity index (χ0n) is 15.8. The number of amides is 1. The van der Waals surface area contributed by atoms with Crippen LogP contribution in [0.2, 0.25) is 0 Å². The van der Waals surface area contributed by atoms with Crippen LogP contribution in [0.5, 0.6) is 0 Å². The lowest BCUT2D eigenvalue weighted by Crippen LogP contribution is -2.36. The largest absolute Gasteiger partial charge is 0.446 e. The van der Waals surface area contributed by atoms with Crippen molar-refractivity contribution in [3.05, 3.63) is 48.0 Å². The summed E-state index contributed by atoms with van der Waals surface area (Å²) in [6.07, 6.45) is 2.31. The van der Waals surface area contributed by atoms with Crippen molar-refractivity contribution in [3.63, 3.8) is 0 Å². The molecule has 3 aromatic rings. The van der Waals surface area contributed by atoms with Crippen molar-refractivity contribution >= 4 is 17.4 Å². The third kappa shape index (κ3) is 4.02. The molecule has 1 fully saturated rings. The van der Waals surface area contributed by atoms with Gasteiger partial charge in [-0.3, -0.25) is 5.32 Å². The smallest absolute Gasteiger partial charge is 0.411 e. The van der Waals surface area contributed by atoms with Gasteiger partial charge in [-0.2, -0.15) is 10.4 Å². The van der Waals surface area contributed by atoms with Gasteiger partial charge in [0.2, 0.25) is 0 Å². The number of halogens is 1. The lowest BCUT2D eigenvalue weighted by Gasteiger charge is -2.28. The van der Waals surface area contributed by atoms with Gasteiger partial charge in [-0.15, -0.1) is 0 Å². The zero-order valence-corrected chi connectivity index (χ0v) is 15.8. The highest BCUT2D eigenvalue weighted by atomic mass is 19.1. The van der Waals surface area contributed by atoms with Crippen molar-refractivity contribution in [2.45, 2.75) is 18.9 Å². The van der Waals surface area contributed by atoms with E-state index >= 15 is 0 Å². The van der Waals surface area contributed by atoms with E-state index in [0.717, 1.165) is 25.9 Å². The topological polar surface area (TPSA) is 95.5 Å². The third-order valence-corrected chi connectivity index (χ3v) is 4.95. The van der Waals surface area contributed by atoms with Gasteiger partial charge in [0.1, 0.15) is 24.3 Å². The lowest BCUT2D eigenvalue weighted by atomic mass is 10.1. The number of hydrogen-bond donors (Lipinski definition) is 1. The van der Waals surface area contributed by atoms with Crippen molar-refractivity contribution < 1.29 is 13.9 Å². The molecule has 8 nitrogen and oxygen atoms in total. The molecular weight excluding hydrogens is 375 g/mol. The molecule has 1 aromatic carbocycles. The SMILES string of the molecule is CN1CCC(OC(=O)Nc2cc(-c3ccc(C#N)c(F)c3)n3ncnc3c2)CC1. The molecule has 1 aliphatic heterocycles. The highest BCUT2D eigenvalue weighted by Gasteiger charge is 2.21. The maximum absolute atomic E-state index is 14.1. The second-order valence-electron chi connectivity index (χ2n) is 7.00. The first-order valence-corrected chi connectivity index (χ1v) is 9.23. The van der Waals surface area contributed by atoms with Crippen LogP contribution in [0.15, 0.2) is 36.7 Å². The van der Waals surface area contributed by atoms with Gasteiger partial charge in [-0.25, -0.2) is 18.7 Å². The number of carbonyl (C=O) groups excluding carboxylic acids is 1. The van der Waals surface area contributed by atoms with E-state index in [4.69, 9.17) is 10.00 Å². The van der Waals surface area contributed by atoms with Gasteiger partial charge in [0.15, 0.2) is 5.65 Å². The van der Waals surface area contributed by atoms with Crippen molar-refractivity contribution in [1.29, 1.82) is 5.26 Å². The molecule has 0 unspecified atom stereocenters. The Morgan fingerprint density at radius 3 is 2.83 bits per heavy atom. The van der Waals surface area contributed by atoms with E-state index in [-0.39, 0.29) is 11.7 Å². The van der Waals surface area contributed by atoms with Crippen LogP contribution < -0.4 is 5.32 Å². The minimum atomic E-state index is -0.627. The maximum atomic E-state index is 14.1. The zero-order chi connectivity index (χ0) is 20.4. The summed E-state index contributed by atoms with van der Waals surface area (Å²) in [4.78, 5) is 18.7. The number of carbonyl (C=O) groups is 1. The molecule has 0 aliphatic carbocycles. The summed E-state index contributed by atoms with van der Waals surface area (Å²) in [5.41, 5.74) is 1.94. The molecule has 148 valence electrons. The van der Waals surface area contributed by atoms with Crippen LogP contribution in [0.1, 0.15) is 18.4 Å². The number of piperidine rings is 1. The van der Waals surface area contributed by atoms with Crippen LogP contribution in [0.3, 0.4) is 0 Å². The normalized spacial score (nSPS) is 15.2. The molecular formula is C20H19FN6O2. The Morgan fingerprint density at radius 1 is 1.31 bits per heavy atom. The molecule has 0 radical (unpaired) electrons. The van der Waals surface area contributed by atoms with Gasteiger partial charge in [0.25, 0.3) is 0 Å². The third-order valence-electron chi connectivity index (χ3n) is 4.95. The number of ether oxygens (including phenoxy) is 1. The Hall–Kier alpha value is -3.51. The van der Waals surface area contributed by atoms with E-state index in [1.807, 2.05) is 7.05 Å². The molecule has 0 bridgehead atoms. The van der Waals surface area contributed by atoms with Crippen LogP contribution >= 0.6 is 0 Å². The van der Waals surface area contributed by atoms with E-state index in [1.165, 1.54) is 23.0 Å². The number of pyridine rings is 1. The van der Waals surface area contributed by atoms with Gasteiger partial charge in [-0.05, 0) is 38.1 Å². The molecule has 1 saturated heterocycles. The summed E-state index contributed by atoms with van der Waals surface area (Å²) >= 11 is 0. The highest BCUT2D eigenvalue weighted by molar-refractivity contribution is 5.87. The van der Waals surface area contributed by atoms with E-state index in [9.17, 15) is 9.18 Å². The first-order chi connectivity index (χ1) is 14.0. The highest BCUT2D eigenvalue weighted by Crippen LogP contribution is 2.26. The summed E-state index contributed by atoms with van der Waals surface area (Å²) in [5.74, 6) is -0.627. The van der Waals surface area contributed by atoms with E-state index in [0.29, 0.717) is 22.6 Å². The second-order valence-corrected chi connectivity index (χ2v) is 7.00. The van der Waals surface area contributed by atoms with Gasteiger partial charge in [0.05, 0.1) is 11.3 Å². The molecule has 2 aromatic heterocycles. The fourth-order valence-electron chi connectivity index (χ4n) is 3.37. The first kappa shape index (κ1) is 18.8. The predicted molar refractivity (Wildman–Crippen MR) is 104 cm³/mol. The molecule has 9 heteroatoms. The number of benzene rings is 1.